The zero-order chi connectivity index (χ0) is 14.4. The van der Waals surface area contributed by atoms with Crippen molar-refractivity contribution in [3.8, 4) is 0 Å². The van der Waals surface area contributed by atoms with Crippen molar-refractivity contribution in [1.29, 1.82) is 0 Å². The number of carbonyl (C=O) groups excluding carboxylic acids is 2. The Labute approximate surface area is 114 Å². The predicted octanol–water partition coefficient (Wildman–Crippen LogP) is -0.277. The normalized spacial score (nSPS) is 22.7. The highest BCUT2D eigenvalue weighted by molar-refractivity contribution is 5.86. The van der Waals surface area contributed by atoms with E-state index in [0.29, 0.717) is 13.2 Å². The minimum atomic E-state index is -0.487. The zero-order valence-electron chi connectivity index (χ0n) is 12.0. The van der Waals surface area contributed by atoms with Crippen molar-refractivity contribution in [3.05, 3.63) is 0 Å². The van der Waals surface area contributed by atoms with Crippen molar-refractivity contribution in [1.82, 2.24) is 10.2 Å². The smallest absolute Gasteiger partial charge is 0.237 e. The molecule has 0 bridgehead atoms. The van der Waals surface area contributed by atoms with Crippen molar-refractivity contribution in [2.45, 2.75) is 39.3 Å². The van der Waals surface area contributed by atoms with Crippen LogP contribution in [0, 0.1) is 5.92 Å². The van der Waals surface area contributed by atoms with Gasteiger partial charge in [-0.25, -0.2) is 0 Å². The lowest BCUT2D eigenvalue weighted by Gasteiger charge is -2.30. The van der Waals surface area contributed by atoms with Crippen molar-refractivity contribution in [2.75, 3.05) is 26.3 Å². The van der Waals surface area contributed by atoms with E-state index in [1.807, 2.05) is 13.8 Å². The third kappa shape index (κ3) is 4.47. The van der Waals surface area contributed by atoms with E-state index in [1.165, 1.54) is 4.90 Å². The summed E-state index contributed by atoms with van der Waals surface area (Å²) in [6.45, 7) is 7.60. The van der Waals surface area contributed by atoms with E-state index in [0.717, 1.165) is 13.0 Å². The van der Waals surface area contributed by atoms with Gasteiger partial charge in [-0.1, -0.05) is 6.92 Å². The largest absolute Gasteiger partial charge is 0.379 e. The van der Waals surface area contributed by atoms with Crippen molar-refractivity contribution < 1.29 is 14.3 Å². The molecule has 1 rings (SSSR count). The lowest BCUT2D eigenvalue weighted by molar-refractivity contribution is -0.141. The molecule has 0 spiro atoms. The van der Waals surface area contributed by atoms with Crippen LogP contribution in [-0.4, -0.2) is 55.1 Å². The molecule has 1 saturated heterocycles. The van der Waals surface area contributed by atoms with E-state index in [4.69, 9.17) is 10.5 Å². The number of carbonyl (C=O) groups is 2. The summed E-state index contributed by atoms with van der Waals surface area (Å²) in [6, 6.07) is -0.0194. The summed E-state index contributed by atoms with van der Waals surface area (Å²) in [5.41, 5.74) is 5.20. The predicted molar refractivity (Wildman–Crippen MR) is 72.4 cm³/mol. The molecular formula is C13H25N3O3. The highest BCUT2D eigenvalue weighted by Gasteiger charge is 2.37. The fourth-order valence-corrected chi connectivity index (χ4v) is 2.22. The summed E-state index contributed by atoms with van der Waals surface area (Å²) in [7, 11) is 0. The fourth-order valence-electron chi connectivity index (χ4n) is 2.22. The lowest BCUT2D eigenvalue weighted by atomic mass is 10.0. The topological polar surface area (TPSA) is 84.7 Å². The first kappa shape index (κ1) is 15.9. The van der Waals surface area contributed by atoms with Crippen LogP contribution >= 0.6 is 0 Å². The van der Waals surface area contributed by atoms with Crippen LogP contribution in [0.25, 0.3) is 0 Å². The Hall–Kier alpha value is -1.14. The van der Waals surface area contributed by atoms with E-state index in [-0.39, 0.29) is 30.5 Å². The summed E-state index contributed by atoms with van der Waals surface area (Å²) in [6.07, 6.45) is 1.01. The Kier molecular flexibility index (Phi) is 6.24. The molecule has 1 heterocycles. The van der Waals surface area contributed by atoms with Gasteiger partial charge in [-0.2, -0.15) is 0 Å². The van der Waals surface area contributed by atoms with E-state index in [9.17, 15) is 9.59 Å². The number of amides is 2. The van der Waals surface area contributed by atoms with Gasteiger partial charge in [-0.3, -0.25) is 9.59 Å². The van der Waals surface area contributed by atoms with Crippen LogP contribution in [-0.2, 0) is 14.3 Å². The highest BCUT2D eigenvalue weighted by atomic mass is 16.5. The van der Waals surface area contributed by atoms with Crippen LogP contribution in [0.2, 0.25) is 0 Å². The molecule has 1 aliphatic rings. The first-order chi connectivity index (χ1) is 8.97. The number of primary amides is 1. The molecule has 0 aromatic carbocycles. The first-order valence-electron chi connectivity index (χ1n) is 6.87. The number of hydrogen-bond acceptors (Lipinski definition) is 4. The van der Waals surface area contributed by atoms with Crippen molar-refractivity contribution >= 4 is 11.8 Å². The van der Waals surface area contributed by atoms with Gasteiger partial charge in [0.05, 0.1) is 25.7 Å². The molecule has 0 aliphatic carbocycles. The summed E-state index contributed by atoms with van der Waals surface area (Å²) < 4.78 is 5.40. The summed E-state index contributed by atoms with van der Waals surface area (Å²) >= 11 is 0. The molecular weight excluding hydrogens is 246 g/mol. The van der Waals surface area contributed by atoms with Crippen LogP contribution in [0.4, 0.5) is 0 Å². The van der Waals surface area contributed by atoms with Crippen LogP contribution in [0.15, 0.2) is 0 Å². The zero-order valence-corrected chi connectivity index (χ0v) is 12.0. The minimum Gasteiger partial charge on any atom is -0.379 e. The maximum absolute atomic E-state index is 12.5. The summed E-state index contributed by atoms with van der Waals surface area (Å²) in [5, 5.41) is 3.32. The second-order valence-corrected chi connectivity index (χ2v) is 5.23. The molecule has 6 nitrogen and oxygen atoms in total. The quantitative estimate of drug-likeness (QED) is 0.667. The molecule has 0 radical (unpaired) electrons. The number of nitrogens with one attached hydrogen (secondary N) is 1. The molecule has 2 amide bonds. The molecule has 110 valence electrons. The van der Waals surface area contributed by atoms with Crippen LogP contribution in [0.3, 0.4) is 0 Å². The Morgan fingerprint density at radius 2 is 2.11 bits per heavy atom. The Morgan fingerprint density at radius 1 is 1.42 bits per heavy atom. The molecule has 1 aliphatic heterocycles. The van der Waals surface area contributed by atoms with Gasteiger partial charge >= 0.3 is 0 Å². The molecule has 1 fully saturated rings. The van der Waals surface area contributed by atoms with Crippen molar-refractivity contribution in [3.63, 3.8) is 0 Å². The van der Waals surface area contributed by atoms with E-state index in [2.05, 4.69) is 12.2 Å². The molecule has 2 atom stereocenters. The van der Waals surface area contributed by atoms with Crippen molar-refractivity contribution in [2.24, 2.45) is 11.7 Å². The lowest BCUT2D eigenvalue weighted by Crippen LogP contribution is -2.50. The van der Waals surface area contributed by atoms with Gasteiger partial charge < -0.3 is 20.7 Å². The van der Waals surface area contributed by atoms with Gasteiger partial charge in [-0.05, 0) is 26.8 Å². The highest BCUT2D eigenvalue weighted by Crippen LogP contribution is 2.18. The number of rotatable bonds is 7. The van der Waals surface area contributed by atoms with Crippen LogP contribution in [0.5, 0.6) is 0 Å². The van der Waals surface area contributed by atoms with Gasteiger partial charge in [0.15, 0.2) is 0 Å². The maximum atomic E-state index is 12.5. The molecule has 6 heteroatoms. The Bertz CT molecular complexity index is 320. The first-order valence-corrected chi connectivity index (χ1v) is 6.87. The average Bonchev–Trinajstić information content (AvgIpc) is 2.80. The van der Waals surface area contributed by atoms with Gasteiger partial charge in [-0.15, -0.1) is 0 Å². The average molecular weight is 271 g/mol. The number of nitrogens with zero attached hydrogens (tertiary/aromatic N) is 1. The maximum Gasteiger partial charge on any atom is 0.237 e. The van der Waals surface area contributed by atoms with Gasteiger partial charge in [0, 0.05) is 12.1 Å². The van der Waals surface area contributed by atoms with Gasteiger partial charge in [0.25, 0.3) is 0 Å². The molecule has 19 heavy (non-hydrogen) atoms. The van der Waals surface area contributed by atoms with Gasteiger partial charge in [0.2, 0.25) is 11.8 Å². The summed E-state index contributed by atoms with van der Waals surface area (Å²) in [4.78, 5) is 25.1. The molecule has 0 aromatic heterocycles. The van der Waals surface area contributed by atoms with E-state index in [1.54, 1.807) is 0 Å². The monoisotopic (exact) mass is 271 g/mol. The van der Waals surface area contributed by atoms with E-state index >= 15 is 0 Å². The second-order valence-electron chi connectivity index (χ2n) is 5.23. The number of hydrogen-bond donors (Lipinski definition) is 2. The third-order valence-corrected chi connectivity index (χ3v) is 3.29. The van der Waals surface area contributed by atoms with Crippen LogP contribution < -0.4 is 11.1 Å². The standard InChI is InChI=1S/C13H25N3O3/c1-4-5-15-11-8-19-7-10(11)13(18)16(9(2)3)6-12(14)17/h9-11,15H,4-8H2,1-3H3,(H2,14,17). The molecule has 2 unspecified atom stereocenters. The fraction of sp³-hybridized carbons (Fsp3) is 0.846. The third-order valence-electron chi connectivity index (χ3n) is 3.29. The number of ether oxygens (including phenoxy) is 1. The minimum absolute atomic E-state index is 0.0292. The summed E-state index contributed by atoms with van der Waals surface area (Å²) in [5.74, 6) is -0.771. The molecule has 0 aromatic rings. The Balaban J connectivity index is 2.69. The number of nitrogens with two attached hydrogens (primary N) is 1. The SMILES string of the molecule is CCCNC1COCC1C(=O)N(CC(N)=O)C(C)C. The molecule has 3 N–H and O–H groups in total. The Morgan fingerprint density at radius 3 is 2.63 bits per heavy atom. The van der Waals surface area contributed by atoms with Crippen LogP contribution in [0.1, 0.15) is 27.2 Å². The second kappa shape index (κ2) is 7.45. The van der Waals surface area contributed by atoms with Gasteiger partial charge in [0.1, 0.15) is 0 Å². The van der Waals surface area contributed by atoms with E-state index < -0.39 is 5.91 Å². The molecule has 0 saturated carbocycles.